The van der Waals surface area contributed by atoms with Crippen molar-refractivity contribution in [3.63, 3.8) is 0 Å². The lowest BCUT2D eigenvalue weighted by Gasteiger charge is -2.13. The summed E-state index contributed by atoms with van der Waals surface area (Å²) >= 11 is 1.14. The van der Waals surface area contributed by atoms with Gasteiger partial charge in [-0.3, -0.25) is 9.59 Å². The smallest absolute Gasteiger partial charge is 0.316 e. The first-order valence-corrected chi connectivity index (χ1v) is 8.78. The molecule has 7 heteroatoms. The van der Waals surface area contributed by atoms with Crippen molar-refractivity contribution in [3.8, 4) is 0 Å². The van der Waals surface area contributed by atoms with Gasteiger partial charge in [0, 0.05) is 10.3 Å². The van der Waals surface area contributed by atoms with Gasteiger partial charge in [0.05, 0.1) is 18.3 Å². The maximum atomic E-state index is 12.5. The molecule has 0 spiro atoms. The number of rotatable bonds is 6. The quantitative estimate of drug-likeness (QED) is 0.765. The molecule has 2 aromatic rings. The zero-order valence-corrected chi connectivity index (χ0v) is 15.5. The Morgan fingerprint density at radius 3 is 2.60 bits per heavy atom. The zero-order valence-electron chi connectivity index (χ0n) is 14.7. The number of carboxylic acid groups (broad SMARTS) is 1. The Kier molecular flexibility index (Phi) is 5.89. The standard InChI is InChI=1S/C18H22N2O4S/c1-11(17(22)23)25-13-8-6-5-7-12(13)16(21)20-10-15-19-9-14(24-15)18(2,3)4/h5-9,11H,10H2,1-4H3,(H,20,21)(H,22,23). The highest BCUT2D eigenvalue weighted by molar-refractivity contribution is 8.00. The Morgan fingerprint density at radius 2 is 2.00 bits per heavy atom. The average molecular weight is 362 g/mol. The molecule has 6 nitrogen and oxygen atoms in total. The SMILES string of the molecule is CC(Sc1ccccc1C(=O)NCc1ncc(C(C)(C)C)o1)C(=O)O. The summed E-state index contributed by atoms with van der Waals surface area (Å²) in [5.41, 5.74) is 0.286. The molecule has 0 radical (unpaired) electrons. The van der Waals surface area contributed by atoms with E-state index in [0.29, 0.717) is 16.3 Å². The predicted octanol–water partition coefficient (Wildman–Crippen LogP) is 3.47. The van der Waals surface area contributed by atoms with Crippen LogP contribution in [0, 0.1) is 0 Å². The second-order valence-corrected chi connectivity index (χ2v) is 8.03. The van der Waals surface area contributed by atoms with Crippen LogP contribution in [-0.2, 0) is 16.8 Å². The lowest BCUT2D eigenvalue weighted by Crippen LogP contribution is -2.24. The van der Waals surface area contributed by atoms with Crippen LogP contribution in [0.5, 0.6) is 0 Å². The number of oxazole rings is 1. The molecule has 1 amide bonds. The van der Waals surface area contributed by atoms with E-state index in [-0.39, 0.29) is 17.9 Å². The van der Waals surface area contributed by atoms with Crippen LogP contribution < -0.4 is 5.32 Å². The highest BCUT2D eigenvalue weighted by Gasteiger charge is 2.20. The summed E-state index contributed by atoms with van der Waals surface area (Å²) in [7, 11) is 0. The van der Waals surface area contributed by atoms with E-state index in [4.69, 9.17) is 9.52 Å². The average Bonchev–Trinajstić information content (AvgIpc) is 3.02. The molecular formula is C18H22N2O4S. The van der Waals surface area contributed by atoms with Crippen molar-refractivity contribution in [3.05, 3.63) is 47.7 Å². The lowest BCUT2D eigenvalue weighted by molar-refractivity contribution is -0.136. The van der Waals surface area contributed by atoms with Gasteiger partial charge >= 0.3 is 5.97 Å². The number of hydrogen-bond acceptors (Lipinski definition) is 5. The molecule has 1 atom stereocenters. The summed E-state index contributed by atoms with van der Waals surface area (Å²) in [4.78, 5) is 28.3. The molecule has 0 saturated heterocycles. The second kappa shape index (κ2) is 7.74. The van der Waals surface area contributed by atoms with Gasteiger partial charge in [0.15, 0.2) is 0 Å². The van der Waals surface area contributed by atoms with E-state index in [1.807, 2.05) is 20.8 Å². The van der Waals surface area contributed by atoms with E-state index in [1.54, 1.807) is 37.4 Å². The topological polar surface area (TPSA) is 92.4 Å². The summed E-state index contributed by atoms with van der Waals surface area (Å²) < 4.78 is 5.65. The van der Waals surface area contributed by atoms with Crippen LogP contribution >= 0.6 is 11.8 Å². The summed E-state index contributed by atoms with van der Waals surface area (Å²) in [5.74, 6) is -0.0313. The molecule has 134 valence electrons. The zero-order chi connectivity index (χ0) is 18.6. The van der Waals surface area contributed by atoms with Crippen LogP contribution in [0.2, 0.25) is 0 Å². The number of amides is 1. The fraction of sp³-hybridized carbons (Fsp3) is 0.389. The maximum Gasteiger partial charge on any atom is 0.316 e. The first-order valence-electron chi connectivity index (χ1n) is 7.90. The van der Waals surface area contributed by atoms with E-state index in [2.05, 4.69) is 10.3 Å². The van der Waals surface area contributed by atoms with Gasteiger partial charge in [0.25, 0.3) is 5.91 Å². The molecule has 2 rings (SSSR count). The third-order valence-electron chi connectivity index (χ3n) is 3.48. The van der Waals surface area contributed by atoms with E-state index in [9.17, 15) is 9.59 Å². The molecule has 1 unspecified atom stereocenters. The van der Waals surface area contributed by atoms with Crippen molar-refractivity contribution < 1.29 is 19.1 Å². The summed E-state index contributed by atoms with van der Waals surface area (Å²) in [6.07, 6.45) is 1.67. The minimum Gasteiger partial charge on any atom is -0.480 e. The Bertz CT molecular complexity index is 764. The number of aliphatic carboxylic acids is 1. The Balaban J connectivity index is 2.06. The number of nitrogens with one attached hydrogen (secondary N) is 1. The van der Waals surface area contributed by atoms with Gasteiger partial charge in [-0.15, -0.1) is 11.8 Å². The lowest BCUT2D eigenvalue weighted by atomic mass is 9.94. The third kappa shape index (κ3) is 5.09. The third-order valence-corrected chi connectivity index (χ3v) is 4.64. The number of carbonyl (C=O) groups is 2. The van der Waals surface area contributed by atoms with Crippen LogP contribution in [0.4, 0.5) is 0 Å². The molecule has 0 aliphatic carbocycles. The van der Waals surface area contributed by atoms with Gasteiger partial charge in [0.1, 0.15) is 11.0 Å². The summed E-state index contributed by atoms with van der Waals surface area (Å²) in [6.45, 7) is 7.82. The van der Waals surface area contributed by atoms with E-state index >= 15 is 0 Å². The highest BCUT2D eigenvalue weighted by atomic mass is 32.2. The van der Waals surface area contributed by atoms with Crippen LogP contribution in [0.3, 0.4) is 0 Å². The van der Waals surface area contributed by atoms with Gasteiger partial charge in [-0.05, 0) is 19.1 Å². The summed E-state index contributed by atoms with van der Waals surface area (Å²) in [6, 6.07) is 6.93. The largest absolute Gasteiger partial charge is 0.480 e. The van der Waals surface area contributed by atoms with Crippen LogP contribution in [0.15, 0.2) is 39.8 Å². The van der Waals surface area contributed by atoms with Gasteiger partial charge in [0.2, 0.25) is 5.89 Å². The first kappa shape index (κ1) is 19.1. The number of hydrogen-bond donors (Lipinski definition) is 2. The summed E-state index contributed by atoms with van der Waals surface area (Å²) in [5, 5.41) is 11.2. The van der Waals surface area contributed by atoms with Crippen molar-refractivity contribution >= 4 is 23.6 Å². The van der Waals surface area contributed by atoms with Gasteiger partial charge in [-0.25, -0.2) is 4.98 Å². The molecule has 0 fully saturated rings. The minimum absolute atomic E-state index is 0.147. The molecular weight excluding hydrogens is 340 g/mol. The van der Waals surface area contributed by atoms with E-state index in [1.165, 1.54) is 0 Å². The molecule has 0 saturated carbocycles. The van der Waals surface area contributed by atoms with Crippen molar-refractivity contribution in [2.45, 2.75) is 49.8 Å². The molecule has 0 aliphatic rings. The molecule has 0 aliphatic heterocycles. The number of carboxylic acids is 1. The Labute approximate surface area is 151 Å². The molecule has 1 aromatic carbocycles. The van der Waals surface area contributed by atoms with Crippen molar-refractivity contribution in [1.29, 1.82) is 0 Å². The predicted molar refractivity (Wildman–Crippen MR) is 95.8 cm³/mol. The molecule has 1 aromatic heterocycles. The van der Waals surface area contributed by atoms with Crippen LogP contribution in [0.25, 0.3) is 0 Å². The van der Waals surface area contributed by atoms with Crippen LogP contribution in [0.1, 0.15) is 49.7 Å². The van der Waals surface area contributed by atoms with Crippen LogP contribution in [-0.4, -0.2) is 27.2 Å². The molecule has 25 heavy (non-hydrogen) atoms. The van der Waals surface area contributed by atoms with Gasteiger partial charge < -0.3 is 14.8 Å². The van der Waals surface area contributed by atoms with Crippen molar-refractivity contribution in [1.82, 2.24) is 10.3 Å². The maximum absolute atomic E-state index is 12.5. The minimum atomic E-state index is -0.922. The number of nitrogens with zero attached hydrogens (tertiary/aromatic N) is 1. The number of carbonyl (C=O) groups excluding carboxylic acids is 1. The fourth-order valence-electron chi connectivity index (χ4n) is 1.99. The molecule has 2 N–H and O–H groups in total. The normalized spacial score (nSPS) is 12.6. The fourth-order valence-corrected chi connectivity index (χ4v) is 2.91. The van der Waals surface area contributed by atoms with E-state index in [0.717, 1.165) is 17.5 Å². The Morgan fingerprint density at radius 1 is 1.32 bits per heavy atom. The number of benzene rings is 1. The monoisotopic (exact) mass is 362 g/mol. The first-order chi connectivity index (χ1) is 11.7. The van der Waals surface area contributed by atoms with Gasteiger partial charge in [-0.2, -0.15) is 0 Å². The number of thioether (sulfide) groups is 1. The second-order valence-electron chi connectivity index (χ2n) is 6.65. The van der Waals surface area contributed by atoms with E-state index < -0.39 is 11.2 Å². The molecule has 1 heterocycles. The van der Waals surface area contributed by atoms with Crippen molar-refractivity contribution in [2.24, 2.45) is 0 Å². The highest BCUT2D eigenvalue weighted by Crippen LogP contribution is 2.27. The Hall–Kier alpha value is -2.28. The van der Waals surface area contributed by atoms with Crippen molar-refractivity contribution in [2.75, 3.05) is 0 Å². The molecule has 0 bridgehead atoms. The number of aromatic nitrogens is 1. The van der Waals surface area contributed by atoms with Gasteiger partial charge in [-0.1, -0.05) is 32.9 Å².